The third-order valence-corrected chi connectivity index (χ3v) is 5.91. The Labute approximate surface area is 173 Å². The van der Waals surface area contributed by atoms with Crippen LogP contribution in [-0.4, -0.2) is 40.2 Å². The molecule has 1 aromatic heterocycles. The van der Waals surface area contributed by atoms with Gasteiger partial charge in [0.05, 0.1) is 16.4 Å². The minimum atomic E-state index is -0.502. The van der Waals surface area contributed by atoms with Crippen LogP contribution in [0.4, 0.5) is 22.9 Å². The number of nitrogen functional groups attached to an aromatic ring is 1. The number of H-pyrrole nitrogens is 1. The van der Waals surface area contributed by atoms with Crippen LogP contribution in [-0.2, 0) is 0 Å². The fourth-order valence-electron chi connectivity index (χ4n) is 4.14. The summed E-state index contributed by atoms with van der Waals surface area (Å²) in [4.78, 5) is 32.4. The van der Waals surface area contributed by atoms with Crippen LogP contribution in [0.3, 0.4) is 0 Å². The van der Waals surface area contributed by atoms with Gasteiger partial charge in [-0.3, -0.25) is 14.9 Å². The summed E-state index contributed by atoms with van der Waals surface area (Å²) in [5, 5.41) is 21.9. The highest BCUT2D eigenvalue weighted by atomic mass is 16.6. The maximum absolute atomic E-state index is 12.5. The molecule has 1 saturated carbocycles. The third-order valence-electron chi connectivity index (χ3n) is 5.91. The average Bonchev–Trinajstić information content (AvgIpc) is 2.67. The van der Waals surface area contributed by atoms with Gasteiger partial charge < -0.3 is 26.3 Å². The number of hydrogen-bond acceptors (Lipinski definition) is 8. The van der Waals surface area contributed by atoms with E-state index >= 15 is 0 Å². The van der Waals surface area contributed by atoms with Crippen LogP contribution < -0.4 is 21.5 Å². The summed E-state index contributed by atoms with van der Waals surface area (Å²) in [6.45, 7) is 1.24. The molecule has 10 nitrogen and oxygen atoms in total. The molecule has 2 aromatic rings. The van der Waals surface area contributed by atoms with E-state index in [9.17, 15) is 14.9 Å². The number of aromatic amines is 1. The van der Waals surface area contributed by atoms with E-state index in [2.05, 4.69) is 15.3 Å². The number of aromatic nitrogens is 2. The van der Waals surface area contributed by atoms with Crippen molar-refractivity contribution in [2.24, 2.45) is 0 Å². The van der Waals surface area contributed by atoms with Crippen molar-refractivity contribution in [3.05, 3.63) is 50.1 Å². The van der Waals surface area contributed by atoms with Gasteiger partial charge in [-0.1, -0.05) is 19.3 Å². The molecular formula is C20H25N7O3. The Morgan fingerprint density at radius 3 is 2.67 bits per heavy atom. The lowest BCUT2D eigenvalue weighted by Crippen LogP contribution is -2.46. The second-order valence-corrected chi connectivity index (χ2v) is 7.94. The summed E-state index contributed by atoms with van der Waals surface area (Å²) in [5.41, 5.74) is 6.54. The lowest BCUT2D eigenvalue weighted by molar-refractivity contribution is -0.383. The van der Waals surface area contributed by atoms with Gasteiger partial charge in [0.15, 0.2) is 0 Å². The van der Waals surface area contributed by atoms with Gasteiger partial charge in [0.1, 0.15) is 17.3 Å². The summed E-state index contributed by atoms with van der Waals surface area (Å²) in [6, 6.07) is 4.96. The summed E-state index contributed by atoms with van der Waals surface area (Å²) < 4.78 is 0. The molecule has 0 spiro atoms. The maximum Gasteiger partial charge on any atom is 0.292 e. The first-order chi connectivity index (χ1) is 14.5. The van der Waals surface area contributed by atoms with Crippen molar-refractivity contribution in [3.63, 3.8) is 0 Å². The Morgan fingerprint density at radius 1 is 1.30 bits per heavy atom. The standard InChI is InChI=1S/C20H25N7O3/c21-9-15-19(23-13-4-2-1-3-5-13)24-18(25-20(15)28)12-10-26(11-12)14-6-7-17(27(29)30)16(22)8-14/h6-9,12-13,21H,1-5,10-11,22H2,(H2,23,24,25,28). The molecule has 10 heteroatoms. The molecule has 1 saturated heterocycles. The van der Waals surface area contributed by atoms with Crippen LogP contribution in [0.1, 0.15) is 49.4 Å². The molecule has 0 atom stereocenters. The van der Waals surface area contributed by atoms with Crippen molar-refractivity contribution in [2.45, 2.75) is 44.1 Å². The SMILES string of the molecule is N=Cc1c(NC2CCCCC2)nc(C2CN(c3ccc([N+](=O)[O-])c(N)c3)C2)[nH]c1=O. The predicted molar refractivity (Wildman–Crippen MR) is 116 cm³/mol. The first-order valence-electron chi connectivity index (χ1n) is 10.2. The van der Waals surface area contributed by atoms with Crippen LogP contribution in [0.5, 0.6) is 0 Å². The monoisotopic (exact) mass is 411 g/mol. The van der Waals surface area contributed by atoms with Crippen LogP contribution in [0, 0.1) is 15.5 Å². The van der Waals surface area contributed by atoms with E-state index in [1.807, 2.05) is 4.90 Å². The molecule has 30 heavy (non-hydrogen) atoms. The van der Waals surface area contributed by atoms with Gasteiger partial charge in [-0.05, 0) is 25.0 Å². The number of hydrogen-bond donors (Lipinski definition) is 4. The zero-order valence-electron chi connectivity index (χ0n) is 16.6. The van der Waals surface area contributed by atoms with Gasteiger partial charge in [-0.15, -0.1) is 0 Å². The zero-order chi connectivity index (χ0) is 21.3. The summed E-state index contributed by atoms with van der Waals surface area (Å²) in [7, 11) is 0. The average molecular weight is 411 g/mol. The van der Waals surface area contributed by atoms with E-state index in [1.165, 1.54) is 12.5 Å². The Balaban J connectivity index is 1.50. The van der Waals surface area contributed by atoms with E-state index in [0.717, 1.165) is 37.6 Å². The van der Waals surface area contributed by atoms with Gasteiger partial charge in [-0.25, -0.2) is 4.98 Å². The lowest BCUT2D eigenvalue weighted by atomic mass is 9.95. The molecule has 2 aliphatic rings. The molecule has 158 valence electrons. The minimum Gasteiger partial charge on any atom is -0.393 e. The molecule has 0 radical (unpaired) electrons. The molecule has 0 amide bonds. The van der Waals surface area contributed by atoms with Crippen LogP contribution in [0.15, 0.2) is 23.0 Å². The molecule has 5 N–H and O–H groups in total. The second kappa shape index (κ2) is 8.13. The van der Waals surface area contributed by atoms with E-state index < -0.39 is 4.92 Å². The topological polar surface area (TPSA) is 154 Å². The molecule has 1 aliphatic carbocycles. The number of nitro groups is 1. The summed E-state index contributed by atoms with van der Waals surface area (Å²) in [6.07, 6.45) is 6.68. The molecular weight excluding hydrogens is 386 g/mol. The van der Waals surface area contributed by atoms with E-state index in [1.54, 1.807) is 12.1 Å². The molecule has 2 heterocycles. The van der Waals surface area contributed by atoms with Crippen molar-refractivity contribution in [1.29, 1.82) is 5.41 Å². The van der Waals surface area contributed by atoms with Crippen LogP contribution in [0.2, 0.25) is 0 Å². The Bertz CT molecular complexity index is 1020. The molecule has 0 unspecified atom stereocenters. The lowest BCUT2D eigenvalue weighted by Gasteiger charge is -2.40. The number of nitrogens with zero attached hydrogens (tertiary/aromatic N) is 3. The predicted octanol–water partition coefficient (Wildman–Crippen LogP) is 2.61. The number of nitrogens with two attached hydrogens (primary N) is 1. The number of benzene rings is 1. The Hall–Kier alpha value is -3.43. The van der Waals surface area contributed by atoms with Gasteiger partial charge in [0.25, 0.3) is 11.2 Å². The van der Waals surface area contributed by atoms with Crippen molar-refractivity contribution in [3.8, 4) is 0 Å². The maximum atomic E-state index is 12.5. The van der Waals surface area contributed by atoms with E-state index in [4.69, 9.17) is 11.1 Å². The van der Waals surface area contributed by atoms with Crippen LogP contribution in [0.25, 0.3) is 0 Å². The van der Waals surface area contributed by atoms with E-state index in [-0.39, 0.29) is 34.5 Å². The third kappa shape index (κ3) is 3.85. The minimum absolute atomic E-state index is 0.0285. The first kappa shape index (κ1) is 19.9. The Morgan fingerprint density at radius 2 is 2.03 bits per heavy atom. The quantitative estimate of drug-likeness (QED) is 0.246. The molecule has 4 rings (SSSR count). The fourth-order valence-corrected chi connectivity index (χ4v) is 4.14. The molecule has 1 aliphatic heterocycles. The Kier molecular flexibility index (Phi) is 5.39. The second-order valence-electron chi connectivity index (χ2n) is 7.94. The normalized spacial score (nSPS) is 17.4. The first-order valence-corrected chi connectivity index (χ1v) is 10.2. The van der Waals surface area contributed by atoms with Gasteiger partial charge in [0.2, 0.25) is 0 Å². The largest absolute Gasteiger partial charge is 0.393 e. The number of nitro benzene ring substituents is 1. The van der Waals surface area contributed by atoms with Crippen molar-refractivity contribution < 1.29 is 4.92 Å². The fraction of sp³-hybridized carbons (Fsp3) is 0.450. The number of anilines is 3. The van der Waals surface area contributed by atoms with Gasteiger partial charge >= 0.3 is 0 Å². The zero-order valence-corrected chi connectivity index (χ0v) is 16.6. The van der Waals surface area contributed by atoms with Crippen LogP contribution >= 0.6 is 0 Å². The summed E-state index contributed by atoms with van der Waals surface area (Å²) in [5.74, 6) is 1.10. The van der Waals surface area contributed by atoms with E-state index in [0.29, 0.717) is 24.7 Å². The van der Waals surface area contributed by atoms with Gasteiger partial charge in [-0.2, -0.15) is 0 Å². The van der Waals surface area contributed by atoms with Crippen molar-refractivity contribution in [1.82, 2.24) is 9.97 Å². The molecule has 2 fully saturated rings. The summed E-state index contributed by atoms with van der Waals surface area (Å²) >= 11 is 0. The van der Waals surface area contributed by atoms with Crippen molar-refractivity contribution >= 4 is 29.1 Å². The smallest absolute Gasteiger partial charge is 0.292 e. The highest BCUT2D eigenvalue weighted by Gasteiger charge is 2.32. The number of rotatable bonds is 6. The van der Waals surface area contributed by atoms with Gasteiger partial charge in [0, 0.05) is 37.1 Å². The highest BCUT2D eigenvalue weighted by molar-refractivity contribution is 5.83. The highest BCUT2D eigenvalue weighted by Crippen LogP contribution is 2.34. The number of nitrogens with one attached hydrogen (secondary N) is 3. The molecule has 1 aromatic carbocycles. The molecule has 0 bridgehead atoms. The van der Waals surface area contributed by atoms with Crippen molar-refractivity contribution in [2.75, 3.05) is 29.0 Å².